The van der Waals surface area contributed by atoms with Crippen molar-refractivity contribution in [3.05, 3.63) is 58.3 Å². The van der Waals surface area contributed by atoms with Crippen LogP contribution in [-0.2, 0) is 31.1 Å². The number of hydrogen-bond acceptors (Lipinski definition) is 6. The molecule has 1 aliphatic heterocycles. The van der Waals surface area contributed by atoms with Crippen molar-refractivity contribution in [3.63, 3.8) is 0 Å². The zero-order valence-corrected chi connectivity index (χ0v) is 16.0. The minimum Gasteiger partial charge on any atom is -0.455 e. The molecule has 0 radical (unpaired) electrons. The largest absolute Gasteiger partial charge is 0.455 e. The first kappa shape index (κ1) is 19.6. The van der Waals surface area contributed by atoms with Crippen molar-refractivity contribution in [2.75, 3.05) is 6.61 Å². The molecule has 0 aliphatic carbocycles. The van der Waals surface area contributed by atoms with Gasteiger partial charge in [-0.15, -0.1) is 0 Å². The van der Waals surface area contributed by atoms with E-state index < -0.39 is 36.0 Å². The number of thiophene rings is 1. The van der Waals surface area contributed by atoms with Crippen LogP contribution in [0.3, 0.4) is 0 Å². The summed E-state index contributed by atoms with van der Waals surface area (Å²) in [6.07, 6.45) is 0.358. The molecule has 2 aromatic rings. The number of amides is 4. The van der Waals surface area contributed by atoms with Gasteiger partial charge in [-0.2, -0.15) is 16.3 Å². The second-order valence-corrected chi connectivity index (χ2v) is 6.98. The topological polar surface area (TPSA) is 105 Å². The van der Waals surface area contributed by atoms with E-state index in [-0.39, 0.29) is 6.42 Å². The van der Waals surface area contributed by atoms with Gasteiger partial charge in [-0.3, -0.25) is 19.8 Å². The Morgan fingerprint density at radius 3 is 2.61 bits per heavy atom. The van der Waals surface area contributed by atoms with Gasteiger partial charge in [0.1, 0.15) is 5.54 Å². The van der Waals surface area contributed by atoms with E-state index in [1.54, 1.807) is 43.3 Å². The molecule has 2 heterocycles. The van der Waals surface area contributed by atoms with E-state index in [0.29, 0.717) is 17.0 Å². The Kier molecular flexibility index (Phi) is 5.74. The SMILES string of the molecule is CC[C@@]1(c2ccccc2)NC(=O)N(NC(=O)COC(=O)Cc2ccsc2)C1=O. The lowest BCUT2D eigenvalue weighted by molar-refractivity contribution is -0.150. The molecule has 1 aliphatic rings. The molecule has 1 atom stereocenters. The molecular weight excluding hydrogens is 382 g/mol. The minimum atomic E-state index is -1.25. The number of nitrogens with zero attached hydrogens (tertiary/aromatic N) is 1. The van der Waals surface area contributed by atoms with Crippen molar-refractivity contribution < 1.29 is 23.9 Å². The molecule has 1 saturated heterocycles. The van der Waals surface area contributed by atoms with E-state index in [1.165, 1.54) is 11.3 Å². The number of ether oxygens (including phenoxy) is 1. The van der Waals surface area contributed by atoms with Gasteiger partial charge in [0.25, 0.3) is 11.8 Å². The van der Waals surface area contributed by atoms with Crippen LogP contribution in [-0.4, -0.2) is 35.4 Å². The van der Waals surface area contributed by atoms with Crippen LogP contribution in [0.15, 0.2) is 47.2 Å². The second-order valence-electron chi connectivity index (χ2n) is 6.20. The summed E-state index contributed by atoms with van der Waals surface area (Å²) in [6, 6.07) is 9.85. The van der Waals surface area contributed by atoms with E-state index in [9.17, 15) is 19.2 Å². The fraction of sp³-hybridized carbons (Fsp3) is 0.263. The Morgan fingerprint density at radius 1 is 1.21 bits per heavy atom. The van der Waals surface area contributed by atoms with Gasteiger partial charge in [-0.05, 0) is 34.4 Å². The molecule has 8 nitrogen and oxygen atoms in total. The first-order valence-electron chi connectivity index (χ1n) is 8.64. The molecule has 28 heavy (non-hydrogen) atoms. The maximum absolute atomic E-state index is 12.9. The lowest BCUT2D eigenvalue weighted by Crippen LogP contribution is -2.49. The van der Waals surface area contributed by atoms with Crippen LogP contribution in [0.4, 0.5) is 4.79 Å². The summed E-state index contributed by atoms with van der Waals surface area (Å²) in [5, 5.41) is 6.92. The third-order valence-corrected chi connectivity index (χ3v) is 5.15. The van der Waals surface area contributed by atoms with Crippen molar-refractivity contribution in [1.29, 1.82) is 0 Å². The van der Waals surface area contributed by atoms with E-state index in [0.717, 1.165) is 5.56 Å². The summed E-state index contributed by atoms with van der Waals surface area (Å²) in [4.78, 5) is 49.0. The maximum atomic E-state index is 12.9. The van der Waals surface area contributed by atoms with E-state index >= 15 is 0 Å². The summed E-state index contributed by atoms with van der Waals surface area (Å²) < 4.78 is 4.90. The van der Waals surface area contributed by atoms with Gasteiger partial charge in [0.15, 0.2) is 6.61 Å². The zero-order chi connectivity index (χ0) is 20.1. The van der Waals surface area contributed by atoms with Crippen molar-refractivity contribution in [2.24, 2.45) is 0 Å². The molecule has 0 unspecified atom stereocenters. The molecule has 0 bridgehead atoms. The van der Waals surface area contributed by atoms with Gasteiger partial charge >= 0.3 is 12.0 Å². The van der Waals surface area contributed by atoms with Crippen molar-refractivity contribution in [3.8, 4) is 0 Å². The van der Waals surface area contributed by atoms with Gasteiger partial charge in [-0.25, -0.2) is 4.79 Å². The highest BCUT2D eigenvalue weighted by Crippen LogP contribution is 2.31. The van der Waals surface area contributed by atoms with Crippen LogP contribution < -0.4 is 10.7 Å². The average molecular weight is 401 g/mol. The Bertz CT molecular complexity index is 884. The molecule has 1 aromatic heterocycles. The predicted molar refractivity (Wildman–Crippen MR) is 101 cm³/mol. The number of urea groups is 1. The van der Waals surface area contributed by atoms with Gasteiger partial charge in [0.2, 0.25) is 0 Å². The third kappa shape index (κ3) is 3.89. The second kappa shape index (κ2) is 8.22. The molecular formula is C19H19N3O5S. The summed E-state index contributed by atoms with van der Waals surface area (Å²) in [5.41, 5.74) is 2.37. The smallest absolute Gasteiger partial charge is 0.344 e. The molecule has 9 heteroatoms. The van der Waals surface area contributed by atoms with Crippen LogP contribution in [0, 0.1) is 0 Å². The number of benzene rings is 1. The van der Waals surface area contributed by atoms with Crippen molar-refractivity contribution in [1.82, 2.24) is 15.8 Å². The Morgan fingerprint density at radius 2 is 1.96 bits per heavy atom. The first-order valence-corrected chi connectivity index (χ1v) is 9.59. The molecule has 3 rings (SSSR count). The number of imide groups is 1. The Balaban J connectivity index is 1.61. The fourth-order valence-electron chi connectivity index (χ4n) is 2.95. The van der Waals surface area contributed by atoms with Gasteiger partial charge in [0.05, 0.1) is 6.42 Å². The van der Waals surface area contributed by atoms with E-state index in [4.69, 9.17) is 4.74 Å². The Hall–Kier alpha value is -3.20. The lowest BCUT2D eigenvalue weighted by Gasteiger charge is -2.25. The molecule has 2 N–H and O–H groups in total. The highest BCUT2D eigenvalue weighted by molar-refractivity contribution is 7.08. The summed E-state index contributed by atoms with van der Waals surface area (Å²) in [7, 11) is 0. The molecule has 0 saturated carbocycles. The standard InChI is InChI=1S/C19H19N3O5S/c1-2-19(14-6-4-3-5-7-14)17(25)22(18(26)20-19)21-15(23)11-27-16(24)10-13-8-9-28-12-13/h3-9,12H,2,10-11H2,1H3,(H,20,26)(H,21,23)/t19-/m0/s1. The predicted octanol–water partition coefficient (Wildman–Crippen LogP) is 1.72. The molecule has 0 spiro atoms. The van der Waals surface area contributed by atoms with Gasteiger partial charge < -0.3 is 10.1 Å². The molecule has 1 fully saturated rings. The van der Waals surface area contributed by atoms with Crippen LogP contribution in [0.25, 0.3) is 0 Å². The maximum Gasteiger partial charge on any atom is 0.344 e. The highest BCUT2D eigenvalue weighted by Gasteiger charge is 2.52. The van der Waals surface area contributed by atoms with E-state index in [2.05, 4.69) is 10.7 Å². The lowest BCUT2D eigenvalue weighted by atomic mass is 9.87. The summed E-state index contributed by atoms with van der Waals surface area (Å²) in [6.45, 7) is 1.17. The summed E-state index contributed by atoms with van der Waals surface area (Å²) in [5.74, 6) is -1.94. The quantitative estimate of drug-likeness (QED) is 0.543. The Labute approximate surface area is 165 Å². The number of esters is 1. The minimum absolute atomic E-state index is 0.0485. The van der Waals surface area contributed by atoms with Crippen molar-refractivity contribution in [2.45, 2.75) is 25.3 Å². The molecule has 146 valence electrons. The van der Waals surface area contributed by atoms with Gasteiger partial charge in [-0.1, -0.05) is 37.3 Å². The fourth-order valence-corrected chi connectivity index (χ4v) is 3.62. The number of rotatable bonds is 7. The first-order chi connectivity index (χ1) is 13.5. The number of hydrazine groups is 1. The number of carbonyl (C=O) groups excluding carboxylic acids is 4. The average Bonchev–Trinajstić information content (AvgIpc) is 3.29. The zero-order valence-electron chi connectivity index (χ0n) is 15.1. The molecule has 4 amide bonds. The molecule has 1 aromatic carbocycles. The van der Waals surface area contributed by atoms with Crippen LogP contribution in [0.2, 0.25) is 0 Å². The van der Waals surface area contributed by atoms with Crippen LogP contribution in [0.5, 0.6) is 0 Å². The summed E-state index contributed by atoms with van der Waals surface area (Å²) >= 11 is 1.45. The van der Waals surface area contributed by atoms with Crippen LogP contribution in [0.1, 0.15) is 24.5 Å². The monoisotopic (exact) mass is 401 g/mol. The van der Waals surface area contributed by atoms with Gasteiger partial charge in [0, 0.05) is 0 Å². The number of carbonyl (C=O) groups is 4. The number of nitrogens with one attached hydrogen (secondary N) is 2. The van der Waals surface area contributed by atoms with Crippen molar-refractivity contribution >= 4 is 35.2 Å². The van der Waals surface area contributed by atoms with E-state index in [1.807, 2.05) is 10.8 Å². The third-order valence-electron chi connectivity index (χ3n) is 4.42. The van der Waals surface area contributed by atoms with Crippen LogP contribution >= 0.6 is 11.3 Å². The highest BCUT2D eigenvalue weighted by atomic mass is 32.1. The number of hydrogen-bond donors (Lipinski definition) is 2. The normalized spacial score (nSPS) is 18.7.